The van der Waals surface area contributed by atoms with Crippen LogP contribution in [0.4, 0.5) is 0 Å². The molecule has 0 amide bonds. The van der Waals surface area contributed by atoms with Crippen LogP contribution in [0.2, 0.25) is 0 Å². The molecule has 0 aliphatic carbocycles. The molecule has 2 N–H and O–H groups in total. The van der Waals surface area contributed by atoms with Crippen LogP contribution in [0.5, 0.6) is 5.75 Å². The van der Waals surface area contributed by atoms with Crippen LogP contribution >= 0.6 is 0 Å². The summed E-state index contributed by atoms with van der Waals surface area (Å²) in [6.45, 7) is 0.546. The number of aromatic hydroxyl groups is 1. The highest BCUT2D eigenvalue weighted by Crippen LogP contribution is 2.41. The Bertz CT molecular complexity index is 1280. The first kappa shape index (κ1) is 22.9. The van der Waals surface area contributed by atoms with Crippen LogP contribution < -0.4 is 0 Å². The maximum atomic E-state index is 13.6. The normalized spacial score (nSPS) is 19.4. The second-order valence-electron chi connectivity index (χ2n) is 8.22. The zero-order valence-corrected chi connectivity index (χ0v) is 18.9. The summed E-state index contributed by atoms with van der Waals surface area (Å²) in [5, 5.41) is 20.0. The number of hydrogen-bond donors (Lipinski definition) is 2. The Kier molecular flexibility index (Phi) is 6.76. The van der Waals surface area contributed by atoms with Crippen molar-refractivity contribution in [2.45, 2.75) is 30.1 Å². The number of benzene rings is 2. The van der Waals surface area contributed by atoms with Gasteiger partial charge >= 0.3 is 5.97 Å². The van der Waals surface area contributed by atoms with Gasteiger partial charge in [-0.2, -0.15) is 4.31 Å². The Morgan fingerprint density at radius 2 is 1.85 bits per heavy atom. The highest BCUT2D eigenvalue weighted by molar-refractivity contribution is 7.89. The molecule has 2 heterocycles. The predicted octanol–water partition coefficient (Wildman–Crippen LogP) is 4.16. The lowest BCUT2D eigenvalue weighted by Crippen LogP contribution is -2.29. The lowest BCUT2D eigenvalue weighted by Gasteiger charge is -2.18. The average Bonchev–Trinajstić information content (AvgIpc) is 3.23. The van der Waals surface area contributed by atoms with E-state index in [1.54, 1.807) is 36.5 Å². The summed E-state index contributed by atoms with van der Waals surface area (Å²) in [5.74, 6) is -0.952. The second-order valence-corrected chi connectivity index (χ2v) is 10.1. The van der Waals surface area contributed by atoms with Gasteiger partial charge in [-0.15, -0.1) is 0 Å². The molecule has 0 radical (unpaired) electrons. The van der Waals surface area contributed by atoms with Gasteiger partial charge in [0.15, 0.2) is 0 Å². The molecule has 7 nitrogen and oxygen atoms in total. The summed E-state index contributed by atoms with van der Waals surface area (Å²) >= 11 is 0. The van der Waals surface area contributed by atoms with Crippen molar-refractivity contribution in [2.75, 3.05) is 13.1 Å². The van der Waals surface area contributed by atoms with E-state index >= 15 is 0 Å². The first-order valence-electron chi connectivity index (χ1n) is 10.9. The van der Waals surface area contributed by atoms with E-state index in [1.807, 2.05) is 36.4 Å². The molecular weight excluding hydrogens is 440 g/mol. The number of carboxylic acid groups (broad SMARTS) is 1. The molecule has 2 aromatic carbocycles. The van der Waals surface area contributed by atoms with Crippen molar-refractivity contribution in [3.8, 4) is 5.75 Å². The SMILES string of the molecule is O=C(O)CC/C=C\CC1CN(S(=O)(=O)c2cccc3cccnc23)CC1c1ccccc1O. The fourth-order valence-electron chi connectivity index (χ4n) is 4.44. The molecule has 3 aromatic rings. The second kappa shape index (κ2) is 9.72. The molecule has 0 saturated carbocycles. The van der Waals surface area contributed by atoms with Gasteiger partial charge in [0.05, 0.1) is 5.52 Å². The number of allylic oxidation sites excluding steroid dienone is 2. The molecule has 1 aliphatic rings. The summed E-state index contributed by atoms with van der Waals surface area (Å²) in [6.07, 6.45) is 6.38. The number of carboxylic acids is 1. The van der Waals surface area contributed by atoms with E-state index in [2.05, 4.69) is 4.98 Å². The van der Waals surface area contributed by atoms with Crippen LogP contribution in [0.15, 0.2) is 77.8 Å². The first-order chi connectivity index (χ1) is 15.9. The number of phenolic OH excluding ortho intramolecular Hbond substituents is 1. The zero-order chi connectivity index (χ0) is 23.4. The van der Waals surface area contributed by atoms with E-state index in [9.17, 15) is 18.3 Å². The number of hydrogen-bond acceptors (Lipinski definition) is 5. The molecule has 2 unspecified atom stereocenters. The van der Waals surface area contributed by atoms with Gasteiger partial charge in [-0.3, -0.25) is 9.78 Å². The number of sulfonamides is 1. The van der Waals surface area contributed by atoms with Crippen molar-refractivity contribution in [3.63, 3.8) is 0 Å². The lowest BCUT2D eigenvalue weighted by molar-refractivity contribution is -0.136. The van der Waals surface area contributed by atoms with Crippen LogP contribution in [0.1, 0.15) is 30.7 Å². The number of carbonyl (C=O) groups is 1. The third-order valence-corrected chi connectivity index (χ3v) is 7.95. The number of pyridine rings is 1. The van der Waals surface area contributed by atoms with E-state index in [4.69, 9.17) is 5.11 Å². The third kappa shape index (κ3) is 4.91. The summed E-state index contributed by atoms with van der Waals surface area (Å²) in [4.78, 5) is 15.2. The minimum atomic E-state index is -3.81. The Morgan fingerprint density at radius 3 is 2.64 bits per heavy atom. The smallest absolute Gasteiger partial charge is 0.303 e. The summed E-state index contributed by atoms with van der Waals surface area (Å²) < 4.78 is 28.8. The molecule has 33 heavy (non-hydrogen) atoms. The van der Waals surface area contributed by atoms with Gasteiger partial charge in [0.2, 0.25) is 10.0 Å². The third-order valence-electron chi connectivity index (χ3n) is 6.09. The number of aliphatic carboxylic acids is 1. The molecule has 1 aromatic heterocycles. The van der Waals surface area contributed by atoms with Crippen molar-refractivity contribution in [1.82, 2.24) is 9.29 Å². The maximum Gasteiger partial charge on any atom is 0.303 e. The Balaban J connectivity index is 1.64. The van der Waals surface area contributed by atoms with E-state index in [1.165, 1.54) is 4.31 Å². The van der Waals surface area contributed by atoms with Gasteiger partial charge in [0.1, 0.15) is 10.6 Å². The molecule has 0 spiro atoms. The Hall–Kier alpha value is -3.23. The molecule has 1 saturated heterocycles. The van der Waals surface area contributed by atoms with E-state index in [0.29, 0.717) is 24.9 Å². The monoisotopic (exact) mass is 466 g/mol. The van der Waals surface area contributed by atoms with Crippen molar-refractivity contribution in [2.24, 2.45) is 5.92 Å². The topological polar surface area (TPSA) is 108 Å². The van der Waals surface area contributed by atoms with Gasteiger partial charge in [0.25, 0.3) is 0 Å². The number of rotatable bonds is 8. The van der Waals surface area contributed by atoms with Gasteiger partial charge < -0.3 is 10.2 Å². The van der Waals surface area contributed by atoms with Crippen molar-refractivity contribution >= 4 is 26.9 Å². The fourth-order valence-corrected chi connectivity index (χ4v) is 6.13. The number of phenols is 1. The zero-order valence-electron chi connectivity index (χ0n) is 18.0. The molecule has 1 aliphatic heterocycles. The van der Waals surface area contributed by atoms with Crippen molar-refractivity contribution < 1.29 is 23.4 Å². The van der Waals surface area contributed by atoms with Gasteiger partial charge in [0, 0.05) is 37.0 Å². The Morgan fingerprint density at radius 1 is 1.06 bits per heavy atom. The highest BCUT2D eigenvalue weighted by atomic mass is 32.2. The van der Waals surface area contributed by atoms with Crippen molar-refractivity contribution in [1.29, 1.82) is 0 Å². The van der Waals surface area contributed by atoms with Gasteiger partial charge in [-0.1, -0.05) is 48.6 Å². The van der Waals surface area contributed by atoms with E-state index < -0.39 is 16.0 Å². The first-order valence-corrected chi connectivity index (χ1v) is 12.3. The van der Waals surface area contributed by atoms with Crippen LogP contribution in [0.3, 0.4) is 0 Å². The highest BCUT2D eigenvalue weighted by Gasteiger charge is 2.40. The van der Waals surface area contributed by atoms with Gasteiger partial charge in [-0.25, -0.2) is 8.42 Å². The molecule has 4 rings (SSSR count). The molecule has 0 bridgehead atoms. The molecule has 1 fully saturated rings. The molecule has 8 heteroatoms. The quantitative estimate of drug-likeness (QED) is 0.483. The number of aromatic nitrogens is 1. The molecule has 172 valence electrons. The number of fused-ring (bicyclic) bond motifs is 1. The largest absolute Gasteiger partial charge is 0.508 e. The minimum absolute atomic E-state index is 0.0542. The number of para-hydroxylation sites is 2. The maximum absolute atomic E-state index is 13.6. The van der Waals surface area contributed by atoms with Crippen molar-refractivity contribution in [3.05, 3.63) is 78.5 Å². The van der Waals surface area contributed by atoms with Gasteiger partial charge in [-0.05, 0) is 42.5 Å². The van der Waals surface area contributed by atoms with Crippen LogP contribution in [0.25, 0.3) is 10.9 Å². The van der Waals surface area contributed by atoms with E-state index in [0.717, 1.165) is 10.9 Å². The van der Waals surface area contributed by atoms with E-state index in [-0.39, 0.29) is 35.4 Å². The molecule has 2 atom stereocenters. The summed E-state index contributed by atoms with van der Waals surface area (Å²) in [7, 11) is -3.81. The van der Waals surface area contributed by atoms with Crippen LogP contribution in [0, 0.1) is 5.92 Å². The minimum Gasteiger partial charge on any atom is -0.508 e. The Labute approximate surface area is 193 Å². The summed E-state index contributed by atoms with van der Waals surface area (Å²) in [6, 6.07) is 15.8. The fraction of sp³-hybridized carbons (Fsp3) is 0.280. The summed E-state index contributed by atoms with van der Waals surface area (Å²) in [5.41, 5.74) is 1.16. The standard InChI is InChI=1S/C25H26N2O5S/c28-22-12-5-4-11-20(22)21-17-27(16-19(21)8-2-1-3-14-24(29)30)33(31,32)23-13-6-9-18-10-7-15-26-25(18)23/h1-2,4-7,9-13,15,19,21,28H,3,8,14,16-17H2,(H,29,30)/b2-1-. The lowest BCUT2D eigenvalue weighted by atomic mass is 9.86. The average molecular weight is 467 g/mol. The number of nitrogens with zero attached hydrogens (tertiary/aromatic N) is 2. The van der Waals surface area contributed by atoms with Crippen LogP contribution in [-0.4, -0.2) is 47.0 Å². The molecular formula is C25H26N2O5S. The predicted molar refractivity (Wildman–Crippen MR) is 125 cm³/mol. The van der Waals surface area contributed by atoms with Crippen LogP contribution in [-0.2, 0) is 14.8 Å².